The molecule has 88 valence electrons. The Kier molecular flexibility index (Phi) is 2.71. The minimum absolute atomic E-state index is 0.0154. The van der Waals surface area contributed by atoms with E-state index in [1.54, 1.807) is 12.1 Å². The number of carbonyl (C=O) groups is 2. The molecule has 2 aromatic rings. The first-order chi connectivity index (χ1) is 8.04. The van der Waals surface area contributed by atoms with Gasteiger partial charge in [0, 0.05) is 17.8 Å². The van der Waals surface area contributed by atoms with E-state index in [1.165, 1.54) is 14.0 Å². The van der Waals surface area contributed by atoms with Crippen LogP contribution in [-0.2, 0) is 4.74 Å². The minimum atomic E-state index is -0.386. The van der Waals surface area contributed by atoms with Gasteiger partial charge in [0.2, 0.25) is 0 Å². The van der Waals surface area contributed by atoms with Crippen LogP contribution in [0.25, 0.3) is 10.9 Å². The number of esters is 1. The van der Waals surface area contributed by atoms with Gasteiger partial charge < -0.3 is 9.72 Å². The van der Waals surface area contributed by atoms with Gasteiger partial charge in [-0.05, 0) is 24.6 Å². The SMILES string of the molecule is COC(=O)c1ccc2c(C)c(C(C)=O)[nH]c2c1. The molecule has 0 atom stereocenters. The smallest absolute Gasteiger partial charge is 0.337 e. The molecule has 0 saturated heterocycles. The second-order valence-corrected chi connectivity index (χ2v) is 3.93. The molecular weight excluding hydrogens is 218 g/mol. The Morgan fingerprint density at radius 1 is 1.29 bits per heavy atom. The first kappa shape index (κ1) is 11.4. The van der Waals surface area contributed by atoms with Crippen molar-refractivity contribution < 1.29 is 14.3 Å². The molecule has 2 rings (SSSR count). The van der Waals surface area contributed by atoms with Crippen LogP contribution in [0.3, 0.4) is 0 Å². The number of Topliss-reactive ketones (excluding diaryl/α,β-unsaturated/α-hetero) is 1. The van der Waals surface area contributed by atoms with Crippen molar-refractivity contribution in [3.63, 3.8) is 0 Å². The van der Waals surface area contributed by atoms with Gasteiger partial charge in [-0.15, -0.1) is 0 Å². The number of ether oxygens (including phenoxy) is 1. The van der Waals surface area contributed by atoms with Crippen LogP contribution >= 0.6 is 0 Å². The highest BCUT2D eigenvalue weighted by atomic mass is 16.5. The van der Waals surface area contributed by atoms with Crippen molar-refractivity contribution in [2.45, 2.75) is 13.8 Å². The maximum absolute atomic E-state index is 11.4. The topological polar surface area (TPSA) is 59.2 Å². The first-order valence-corrected chi connectivity index (χ1v) is 5.26. The monoisotopic (exact) mass is 231 g/mol. The molecule has 0 saturated carbocycles. The Balaban J connectivity index is 2.63. The van der Waals surface area contributed by atoms with E-state index < -0.39 is 0 Å². The summed E-state index contributed by atoms with van der Waals surface area (Å²) in [6.45, 7) is 3.40. The molecule has 4 heteroatoms. The third-order valence-electron chi connectivity index (χ3n) is 2.83. The standard InChI is InChI=1S/C13H13NO3/c1-7-10-5-4-9(13(16)17-3)6-11(10)14-12(7)8(2)15/h4-6,14H,1-3H3. The summed E-state index contributed by atoms with van der Waals surface area (Å²) >= 11 is 0. The van der Waals surface area contributed by atoms with E-state index in [0.29, 0.717) is 11.3 Å². The zero-order chi connectivity index (χ0) is 12.6. The summed E-state index contributed by atoms with van der Waals surface area (Å²) in [4.78, 5) is 25.8. The van der Waals surface area contributed by atoms with Crippen LogP contribution < -0.4 is 0 Å². The lowest BCUT2D eigenvalue weighted by molar-refractivity contribution is 0.0600. The lowest BCUT2D eigenvalue weighted by Crippen LogP contribution is -2.00. The fourth-order valence-corrected chi connectivity index (χ4v) is 1.93. The van der Waals surface area contributed by atoms with Crippen molar-refractivity contribution in [3.8, 4) is 0 Å². The Bertz CT molecular complexity index is 610. The third-order valence-corrected chi connectivity index (χ3v) is 2.83. The average molecular weight is 231 g/mol. The van der Waals surface area contributed by atoms with Gasteiger partial charge in [-0.2, -0.15) is 0 Å². The molecule has 4 nitrogen and oxygen atoms in total. The second-order valence-electron chi connectivity index (χ2n) is 3.93. The molecule has 0 unspecified atom stereocenters. The number of fused-ring (bicyclic) bond motifs is 1. The zero-order valence-electron chi connectivity index (χ0n) is 9.96. The van der Waals surface area contributed by atoms with E-state index in [9.17, 15) is 9.59 Å². The number of benzene rings is 1. The van der Waals surface area contributed by atoms with Crippen molar-refractivity contribution in [1.29, 1.82) is 0 Å². The number of carbonyl (C=O) groups excluding carboxylic acids is 2. The number of H-pyrrole nitrogens is 1. The van der Waals surface area contributed by atoms with Gasteiger partial charge in [0.1, 0.15) is 0 Å². The van der Waals surface area contributed by atoms with Gasteiger partial charge >= 0.3 is 5.97 Å². The van der Waals surface area contributed by atoms with Crippen LogP contribution in [0.2, 0.25) is 0 Å². The molecule has 1 N–H and O–H groups in total. The van der Waals surface area contributed by atoms with Gasteiger partial charge in [0.05, 0.1) is 18.4 Å². The van der Waals surface area contributed by atoms with Crippen LogP contribution in [0.1, 0.15) is 33.3 Å². The molecule has 1 aromatic carbocycles. The van der Waals surface area contributed by atoms with Crippen molar-refractivity contribution in [2.75, 3.05) is 7.11 Å². The Morgan fingerprint density at radius 3 is 2.59 bits per heavy atom. The highest BCUT2D eigenvalue weighted by molar-refractivity contribution is 6.02. The van der Waals surface area contributed by atoms with Gasteiger partial charge in [-0.1, -0.05) is 6.07 Å². The number of hydrogen-bond acceptors (Lipinski definition) is 3. The van der Waals surface area contributed by atoms with Gasteiger partial charge in [0.25, 0.3) is 0 Å². The zero-order valence-corrected chi connectivity index (χ0v) is 9.96. The summed E-state index contributed by atoms with van der Waals surface area (Å²) in [5.74, 6) is -0.401. The Labute approximate surface area is 98.6 Å². The number of aromatic amines is 1. The molecule has 17 heavy (non-hydrogen) atoms. The van der Waals surface area contributed by atoms with E-state index in [-0.39, 0.29) is 11.8 Å². The molecule has 0 bridgehead atoms. The lowest BCUT2D eigenvalue weighted by atomic mass is 10.1. The van der Waals surface area contributed by atoms with Crippen molar-refractivity contribution in [3.05, 3.63) is 35.0 Å². The number of ketones is 1. The van der Waals surface area contributed by atoms with Crippen LogP contribution in [0.5, 0.6) is 0 Å². The summed E-state index contributed by atoms with van der Waals surface area (Å²) in [6, 6.07) is 5.21. The van der Waals surface area contributed by atoms with E-state index in [0.717, 1.165) is 16.5 Å². The third kappa shape index (κ3) is 1.82. The van der Waals surface area contributed by atoms with Crippen LogP contribution in [-0.4, -0.2) is 23.8 Å². The van der Waals surface area contributed by atoms with Gasteiger partial charge in [-0.25, -0.2) is 4.79 Å². The van der Waals surface area contributed by atoms with Crippen molar-refractivity contribution in [2.24, 2.45) is 0 Å². The maximum atomic E-state index is 11.4. The van der Waals surface area contributed by atoms with E-state index in [4.69, 9.17) is 0 Å². The van der Waals surface area contributed by atoms with Crippen LogP contribution in [0, 0.1) is 6.92 Å². The first-order valence-electron chi connectivity index (χ1n) is 5.26. The van der Waals surface area contributed by atoms with E-state index >= 15 is 0 Å². The molecule has 1 aromatic heterocycles. The quantitative estimate of drug-likeness (QED) is 0.638. The summed E-state index contributed by atoms with van der Waals surface area (Å²) in [5, 5.41) is 0.947. The molecule has 0 fully saturated rings. The number of hydrogen-bond donors (Lipinski definition) is 1. The van der Waals surface area contributed by atoms with E-state index in [1.807, 2.05) is 13.0 Å². The molecule has 0 aliphatic rings. The number of aromatic nitrogens is 1. The van der Waals surface area contributed by atoms with Gasteiger partial charge in [-0.3, -0.25) is 4.79 Å². The number of rotatable bonds is 2. The van der Waals surface area contributed by atoms with Crippen molar-refractivity contribution >= 4 is 22.7 Å². The Morgan fingerprint density at radius 2 is 2.00 bits per heavy atom. The van der Waals surface area contributed by atoms with Crippen LogP contribution in [0.15, 0.2) is 18.2 Å². The predicted octanol–water partition coefficient (Wildman–Crippen LogP) is 2.47. The molecule has 0 radical (unpaired) electrons. The molecule has 0 amide bonds. The fraction of sp³-hybridized carbons (Fsp3) is 0.231. The lowest BCUT2D eigenvalue weighted by Gasteiger charge is -1.98. The van der Waals surface area contributed by atoms with Crippen molar-refractivity contribution in [1.82, 2.24) is 4.98 Å². The highest BCUT2D eigenvalue weighted by Gasteiger charge is 2.13. The Hall–Kier alpha value is -2.10. The fourth-order valence-electron chi connectivity index (χ4n) is 1.93. The molecule has 0 spiro atoms. The molecule has 0 aliphatic carbocycles. The minimum Gasteiger partial charge on any atom is -0.465 e. The predicted molar refractivity (Wildman–Crippen MR) is 64.4 cm³/mol. The normalized spacial score (nSPS) is 10.5. The highest BCUT2D eigenvalue weighted by Crippen LogP contribution is 2.23. The molecule has 0 aliphatic heterocycles. The largest absolute Gasteiger partial charge is 0.465 e. The van der Waals surface area contributed by atoms with Crippen LogP contribution in [0.4, 0.5) is 0 Å². The number of aryl methyl sites for hydroxylation is 1. The molecular formula is C13H13NO3. The van der Waals surface area contributed by atoms with Gasteiger partial charge in [0.15, 0.2) is 5.78 Å². The summed E-state index contributed by atoms with van der Waals surface area (Å²) in [6.07, 6.45) is 0. The summed E-state index contributed by atoms with van der Waals surface area (Å²) in [5.41, 5.74) is 2.73. The van der Waals surface area contributed by atoms with E-state index in [2.05, 4.69) is 9.72 Å². The summed E-state index contributed by atoms with van der Waals surface area (Å²) < 4.78 is 4.65. The maximum Gasteiger partial charge on any atom is 0.337 e. The average Bonchev–Trinajstić information content (AvgIpc) is 2.65. The number of nitrogens with one attached hydrogen (secondary N) is 1. The summed E-state index contributed by atoms with van der Waals surface area (Å²) in [7, 11) is 1.34. The second kappa shape index (κ2) is 4.05. The number of methoxy groups -OCH3 is 1. The molecule has 1 heterocycles.